The predicted octanol–water partition coefficient (Wildman–Crippen LogP) is 4.53. The van der Waals surface area contributed by atoms with E-state index >= 15 is 0 Å². The summed E-state index contributed by atoms with van der Waals surface area (Å²) in [6.07, 6.45) is 14.1. The molecule has 2 aliphatic rings. The second kappa shape index (κ2) is 8.16. The maximum Gasteiger partial charge on any atom is 0.157 e. The first-order chi connectivity index (χ1) is 8.88. The molecule has 0 N–H and O–H groups in total. The number of ether oxygens (including phenoxy) is 2. The van der Waals surface area contributed by atoms with Gasteiger partial charge >= 0.3 is 0 Å². The molecular formula is C16H30O2. The van der Waals surface area contributed by atoms with Crippen LogP contribution in [0, 0.1) is 11.8 Å². The lowest BCUT2D eigenvalue weighted by Crippen LogP contribution is -2.14. The van der Waals surface area contributed by atoms with Crippen molar-refractivity contribution in [3.63, 3.8) is 0 Å². The Morgan fingerprint density at radius 3 is 1.94 bits per heavy atom. The second-order valence-corrected chi connectivity index (χ2v) is 6.13. The molecule has 1 saturated carbocycles. The number of hydrogen-bond donors (Lipinski definition) is 0. The third-order valence-corrected chi connectivity index (χ3v) is 4.66. The highest BCUT2D eigenvalue weighted by Gasteiger charge is 2.20. The van der Waals surface area contributed by atoms with Crippen molar-refractivity contribution in [2.45, 2.75) is 77.4 Å². The van der Waals surface area contributed by atoms with Gasteiger partial charge in [0.05, 0.1) is 13.2 Å². The first-order valence-electron chi connectivity index (χ1n) is 8.11. The van der Waals surface area contributed by atoms with Gasteiger partial charge in [0, 0.05) is 0 Å². The van der Waals surface area contributed by atoms with Gasteiger partial charge in [0.25, 0.3) is 0 Å². The predicted molar refractivity (Wildman–Crippen MR) is 74.5 cm³/mol. The Morgan fingerprint density at radius 1 is 0.778 bits per heavy atom. The van der Waals surface area contributed by atoms with Crippen molar-refractivity contribution in [3.8, 4) is 0 Å². The lowest BCUT2D eigenvalue weighted by atomic mass is 9.78. The van der Waals surface area contributed by atoms with E-state index < -0.39 is 0 Å². The van der Waals surface area contributed by atoms with Crippen molar-refractivity contribution in [2.75, 3.05) is 13.2 Å². The average molecular weight is 254 g/mol. The SMILES string of the molecule is CCCC1CCC(CCCCC2OCCO2)CC1. The van der Waals surface area contributed by atoms with Crippen molar-refractivity contribution < 1.29 is 9.47 Å². The van der Waals surface area contributed by atoms with Crippen LogP contribution >= 0.6 is 0 Å². The molecular weight excluding hydrogens is 224 g/mol. The number of rotatable bonds is 7. The lowest BCUT2D eigenvalue weighted by molar-refractivity contribution is -0.0481. The van der Waals surface area contributed by atoms with E-state index in [9.17, 15) is 0 Å². The Labute approximate surface area is 112 Å². The first-order valence-corrected chi connectivity index (χ1v) is 8.11. The van der Waals surface area contributed by atoms with Gasteiger partial charge in [-0.3, -0.25) is 0 Å². The summed E-state index contributed by atoms with van der Waals surface area (Å²) in [5.74, 6) is 2.06. The van der Waals surface area contributed by atoms with Crippen molar-refractivity contribution >= 4 is 0 Å². The highest BCUT2D eigenvalue weighted by atomic mass is 16.7. The Morgan fingerprint density at radius 2 is 1.33 bits per heavy atom. The first kappa shape index (κ1) is 14.3. The fourth-order valence-electron chi connectivity index (χ4n) is 3.53. The van der Waals surface area contributed by atoms with Crippen LogP contribution in [0.3, 0.4) is 0 Å². The molecule has 2 rings (SSSR count). The molecule has 0 atom stereocenters. The second-order valence-electron chi connectivity index (χ2n) is 6.13. The molecule has 1 heterocycles. The third kappa shape index (κ3) is 4.89. The van der Waals surface area contributed by atoms with Gasteiger partial charge in [0.1, 0.15) is 0 Å². The van der Waals surface area contributed by atoms with E-state index in [0.29, 0.717) is 0 Å². The molecule has 2 fully saturated rings. The summed E-state index contributed by atoms with van der Waals surface area (Å²) in [4.78, 5) is 0. The minimum Gasteiger partial charge on any atom is -0.350 e. The molecule has 1 aliphatic heterocycles. The molecule has 18 heavy (non-hydrogen) atoms. The Balaban J connectivity index is 1.47. The van der Waals surface area contributed by atoms with Crippen LogP contribution < -0.4 is 0 Å². The van der Waals surface area contributed by atoms with Crippen LogP contribution in [0.25, 0.3) is 0 Å². The van der Waals surface area contributed by atoms with Crippen molar-refractivity contribution in [2.24, 2.45) is 11.8 Å². The standard InChI is InChI=1S/C16H30O2/c1-2-5-14-8-10-15(11-9-14)6-3-4-7-16-17-12-13-18-16/h14-16H,2-13H2,1H3. The summed E-state index contributed by atoms with van der Waals surface area (Å²) in [6.45, 7) is 3.91. The number of unbranched alkanes of at least 4 members (excludes halogenated alkanes) is 1. The molecule has 1 aliphatic carbocycles. The lowest BCUT2D eigenvalue weighted by Gasteiger charge is -2.28. The maximum absolute atomic E-state index is 5.46. The van der Waals surface area contributed by atoms with Gasteiger partial charge in [-0.1, -0.05) is 58.3 Å². The molecule has 0 spiro atoms. The van der Waals surface area contributed by atoms with E-state index in [4.69, 9.17) is 9.47 Å². The Bertz CT molecular complexity index is 203. The van der Waals surface area contributed by atoms with E-state index in [1.807, 2.05) is 0 Å². The van der Waals surface area contributed by atoms with Crippen molar-refractivity contribution in [1.82, 2.24) is 0 Å². The van der Waals surface area contributed by atoms with Gasteiger partial charge in [-0.25, -0.2) is 0 Å². The fraction of sp³-hybridized carbons (Fsp3) is 1.00. The monoisotopic (exact) mass is 254 g/mol. The van der Waals surface area contributed by atoms with Gasteiger partial charge in [0.2, 0.25) is 0 Å². The summed E-state index contributed by atoms with van der Waals surface area (Å²) < 4.78 is 10.9. The minimum atomic E-state index is 0.116. The molecule has 1 saturated heterocycles. The van der Waals surface area contributed by atoms with Gasteiger partial charge in [-0.05, 0) is 24.7 Å². The van der Waals surface area contributed by atoms with E-state index in [-0.39, 0.29) is 6.29 Å². The highest BCUT2D eigenvalue weighted by molar-refractivity contribution is 4.72. The van der Waals surface area contributed by atoms with Crippen LogP contribution in [0.2, 0.25) is 0 Å². The van der Waals surface area contributed by atoms with Crippen LogP contribution in [0.1, 0.15) is 71.1 Å². The Hall–Kier alpha value is -0.0800. The molecule has 0 unspecified atom stereocenters. The molecule has 106 valence electrons. The minimum absolute atomic E-state index is 0.116. The van der Waals surface area contributed by atoms with Crippen LogP contribution in [-0.4, -0.2) is 19.5 Å². The zero-order valence-corrected chi connectivity index (χ0v) is 12.0. The van der Waals surface area contributed by atoms with Gasteiger partial charge in [0.15, 0.2) is 6.29 Å². The highest BCUT2D eigenvalue weighted by Crippen LogP contribution is 2.34. The van der Waals surface area contributed by atoms with E-state index in [0.717, 1.165) is 31.5 Å². The summed E-state index contributed by atoms with van der Waals surface area (Å²) in [5.41, 5.74) is 0. The van der Waals surface area contributed by atoms with Gasteiger partial charge in [-0.15, -0.1) is 0 Å². The van der Waals surface area contributed by atoms with Gasteiger partial charge < -0.3 is 9.47 Å². The largest absolute Gasteiger partial charge is 0.350 e. The smallest absolute Gasteiger partial charge is 0.157 e. The zero-order valence-electron chi connectivity index (χ0n) is 12.0. The van der Waals surface area contributed by atoms with E-state index in [1.165, 1.54) is 57.8 Å². The molecule has 0 aromatic carbocycles. The maximum atomic E-state index is 5.46. The molecule has 2 heteroatoms. The third-order valence-electron chi connectivity index (χ3n) is 4.66. The van der Waals surface area contributed by atoms with Crippen LogP contribution in [0.4, 0.5) is 0 Å². The molecule has 0 radical (unpaired) electrons. The van der Waals surface area contributed by atoms with E-state index in [1.54, 1.807) is 0 Å². The summed E-state index contributed by atoms with van der Waals surface area (Å²) in [5, 5.41) is 0. The molecule has 2 nitrogen and oxygen atoms in total. The topological polar surface area (TPSA) is 18.5 Å². The normalized spacial score (nSPS) is 29.8. The quantitative estimate of drug-likeness (QED) is 0.622. The van der Waals surface area contributed by atoms with Gasteiger partial charge in [-0.2, -0.15) is 0 Å². The summed E-state index contributed by atoms with van der Waals surface area (Å²) in [6, 6.07) is 0. The van der Waals surface area contributed by atoms with E-state index in [2.05, 4.69) is 6.92 Å². The number of hydrogen-bond acceptors (Lipinski definition) is 2. The molecule has 0 bridgehead atoms. The average Bonchev–Trinajstić information content (AvgIpc) is 2.90. The van der Waals surface area contributed by atoms with Crippen LogP contribution in [-0.2, 0) is 9.47 Å². The van der Waals surface area contributed by atoms with Crippen LogP contribution in [0.5, 0.6) is 0 Å². The van der Waals surface area contributed by atoms with Crippen LogP contribution in [0.15, 0.2) is 0 Å². The fourth-order valence-corrected chi connectivity index (χ4v) is 3.53. The van der Waals surface area contributed by atoms with Crippen molar-refractivity contribution in [3.05, 3.63) is 0 Å². The molecule has 0 amide bonds. The van der Waals surface area contributed by atoms with Crippen molar-refractivity contribution in [1.29, 1.82) is 0 Å². The zero-order chi connectivity index (χ0) is 12.6. The summed E-state index contributed by atoms with van der Waals surface area (Å²) >= 11 is 0. The summed E-state index contributed by atoms with van der Waals surface area (Å²) in [7, 11) is 0. The molecule has 0 aromatic rings. The Kier molecular flexibility index (Phi) is 6.50. The molecule has 0 aromatic heterocycles.